The molecular weight excluding hydrogens is 314 g/mol. The molecule has 3 aromatic rings. The molecule has 1 aromatic carbocycles. The number of hydrogen-bond acceptors (Lipinski definition) is 6. The van der Waals surface area contributed by atoms with Gasteiger partial charge in [0, 0.05) is 10.3 Å². The number of nitrogens with zero attached hydrogens (tertiary/aromatic N) is 1. The lowest BCUT2D eigenvalue weighted by Crippen LogP contribution is -2.16. The molecule has 6 heteroatoms. The molecule has 2 heterocycles. The number of ether oxygens (including phenoxy) is 1. The minimum Gasteiger partial charge on any atom is -0.454 e. The maximum atomic E-state index is 12.2. The van der Waals surface area contributed by atoms with Crippen molar-refractivity contribution in [2.45, 2.75) is 27.4 Å². The number of fused-ring (bicyclic) bond motifs is 1. The first-order valence-corrected chi connectivity index (χ1v) is 7.90. The number of benzene rings is 1. The van der Waals surface area contributed by atoms with Crippen molar-refractivity contribution in [2.24, 2.45) is 0 Å². The van der Waals surface area contributed by atoms with Crippen molar-refractivity contribution in [3.05, 3.63) is 61.4 Å². The second-order valence-corrected chi connectivity index (χ2v) is 6.60. The topological polar surface area (TPSA) is 69.4 Å². The lowest BCUT2D eigenvalue weighted by molar-refractivity contribution is 0.0467. The van der Waals surface area contributed by atoms with Crippen LogP contribution in [0.5, 0.6) is 0 Å². The van der Waals surface area contributed by atoms with Gasteiger partial charge in [-0.05, 0) is 39.0 Å². The summed E-state index contributed by atoms with van der Waals surface area (Å²) in [4.78, 5) is 29.5. The van der Waals surface area contributed by atoms with Crippen molar-refractivity contribution in [3.63, 3.8) is 0 Å². The molecule has 0 fully saturated rings. The monoisotopic (exact) mass is 329 g/mol. The van der Waals surface area contributed by atoms with Crippen LogP contribution in [-0.2, 0) is 11.3 Å². The van der Waals surface area contributed by atoms with E-state index >= 15 is 0 Å². The summed E-state index contributed by atoms with van der Waals surface area (Å²) in [5.41, 5.74) is 1.58. The molecule has 118 valence electrons. The number of carbonyl (C=O) groups excluding carboxylic acids is 1. The van der Waals surface area contributed by atoms with Gasteiger partial charge in [0.25, 0.3) is 0 Å². The number of rotatable bonds is 3. The first-order valence-electron chi connectivity index (χ1n) is 7.08. The molecule has 0 aliphatic heterocycles. The minimum absolute atomic E-state index is 0.0451. The Morgan fingerprint density at radius 3 is 2.74 bits per heavy atom. The van der Waals surface area contributed by atoms with Gasteiger partial charge in [-0.3, -0.25) is 0 Å². The van der Waals surface area contributed by atoms with Crippen LogP contribution >= 0.6 is 11.3 Å². The number of hydrogen-bond donors (Lipinski definition) is 0. The molecule has 0 radical (unpaired) electrons. The number of aryl methyl sites for hydroxylation is 3. The maximum absolute atomic E-state index is 12.2. The second kappa shape index (κ2) is 5.96. The van der Waals surface area contributed by atoms with Gasteiger partial charge in [-0.2, -0.15) is 0 Å². The van der Waals surface area contributed by atoms with E-state index in [2.05, 4.69) is 4.98 Å². The first-order chi connectivity index (χ1) is 10.9. The average molecular weight is 329 g/mol. The Hall–Kier alpha value is -2.47. The largest absolute Gasteiger partial charge is 0.454 e. The van der Waals surface area contributed by atoms with E-state index in [0.29, 0.717) is 16.0 Å². The Morgan fingerprint density at radius 1 is 1.26 bits per heavy atom. The number of esters is 1. The van der Waals surface area contributed by atoms with Crippen LogP contribution in [0.15, 0.2) is 33.5 Å². The zero-order valence-corrected chi connectivity index (χ0v) is 13.8. The number of thiazole rings is 1. The van der Waals surface area contributed by atoms with E-state index in [4.69, 9.17) is 9.15 Å². The Bertz CT molecular complexity index is 935. The molecule has 5 nitrogen and oxygen atoms in total. The van der Waals surface area contributed by atoms with E-state index in [0.717, 1.165) is 16.1 Å². The maximum Gasteiger partial charge on any atom is 0.351 e. The van der Waals surface area contributed by atoms with E-state index < -0.39 is 11.6 Å². The fraction of sp³-hybridized carbons (Fsp3) is 0.235. The van der Waals surface area contributed by atoms with Gasteiger partial charge in [0.1, 0.15) is 22.8 Å². The molecule has 0 aliphatic carbocycles. The van der Waals surface area contributed by atoms with Crippen LogP contribution in [0.2, 0.25) is 0 Å². The Morgan fingerprint density at radius 2 is 2.04 bits per heavy atom. The third kappa shape index (κ3) is 3.17. The smallest absolute Gasteiger partial charge is 0.351 e. The van der Waals surface area contributed by atoms with Crippen LogP contribution in [0.4, 0.5) is 0 Å². The molecule has 23 heavy (non-hydrogen) atoms. The SMILES string of the molecule is Cc1ccc2oc(=O)c(C(=O)OCc3nc(C)c(C)s3)cc2c1. The average Bonchev–Trinajstić information content (AvgIpc) is 2.83. The van der Waals surface area contributed by atoms with Gasteiger partial charge in [0.15, 0.2) is 0 Å². The lowest BCUT2D eigenvalue weighted by Gasteiger charge is -2.03. The van der Waals surface area contributed by atoms with Gasteiger partial charge in [-0.15, -0.1) is 11.3 Å². The molecule has 0 amide bonds. The Labute approximate surface area is 136 Å². The predicted octanol–water partition coefficient (Wildman–Crippen LogP) is 3.53. The number of aromatic nitrogens is 1. The summed E-state index contributed by atoms with van der Waals surface area (Å²) in [6.07, 6.45) is 0. The summed E-state index contributed by atoms with van der Waals surface area (Å²) in [6.45, 7) is 5.83. The van der Waals surface area contributed by atoms with Crippen molar-refractivity contribution in [3.8, 4) is 0 Å². The Kier molecular flexibility index (Phi) is 4.00. The molecule has 0 aliphatic rings. The van der Waals surface area contributed by atoms with E-state index in [-0.39, 0.29) is 12.2 Å². The van der Waals surface area contributed by atoms with Crippen molar-refractivity contribution in [2.75, 3.05) is 0 Å². The van der Waals surface area contributed by atoms with Gasteiger partial charge in [0.05, 0.1) is 5.69 Å². The lowest BCUT2D eigenvalue weighted by atomic mass is 10.1. The van der Waals surface area contributed by atoms with Crippen LogP contribution in [0.3, 0.4) is 0 Å². The van der Waals surface area contributed by atoms with E-state index in [1.54, 1.807) is 6.07 Å². The quantitative estimate of drug-likeness (QED) is 0.543. The first kappa shape index (κ1) is 15.4. The Balaban J connectivity index is 1.85. The molecule has 2 aromatic heterocycles. The van der Waals surface area contributed by atoms with Gasteiger partial charge in [0.2, 0.25) is 0 Å². The highest BCUT2D eigenvalue weighted by Gasteiger charge is 2.16. The molecular formula is C17H15NO4S. The molecule has 0 bridgehead atoms. The molecule has 0 unspecified atom stereocenters. The summed E-state index contributed by atoms with van der Waals surface area (Å²) in [7, 11) is 0. The molecule has 0 spiro atoms. The highest BCUT2D eigenvalue weighted by molar-refractivity contribution is 7.11. The van der Waals surface area contributed by atoms with Crippen molar-refractivity contribution >= 4 is 28.3 Å². The summed E-state index contributed by atoms with van der Waals surface area (Å²) in [5, 5.41) is 1.40. The summed E-state index contributed by atoms with van der Waals surface area (Å²) >= 11 is 1.47. The van der Waals surface area contributed by atoms with Crippen LogP contribution in [0.25, 0.3) is 11.0 Å². The third-order valence-electron chi connectivity index (χ3n) is 3.51. The van der Waals surface area contributed by atoms with Crippen molar-refractivity contribution in [1.29, 1.82) is 0 Å². The molecule has 0 saturated carbocycles. The molecule has 0 saturated heterocycles. The second-order valence-electron chi connectivity index (χ2n) is 5.31. The molecule has 0 N–H and O–H groups in total. The van der Waals surface area contributed by atoms with Crippen molar-refractivity contribution < 1.29 is 13.9 Å². The zero-order valence-electron chi connectivity index (χ0n) is 13.0. The minimum atomic E-state index is -0.701. The number of carbonyl (C=O) groups is 1. The normalized spacial score (nSPS) is 10.9. The third-order valence-corrected chi connectivity index (χ3v) is 4.55. The fourth-order valence-corrected chi connectivity index (χ4v) is 3.04. The van der Waals surface area contributed by atoms with Gasteiger partial charge >= 0.3 is 11.6 Å². The van der Waals surface area contributed by atoms with Gasteiger partial charge in [-0.1, -0.05) is 11.6 Å². The predicted molar refractivity (Wildman–Crippen MR) is 87.9 cm³/mol. The molecule has 3 rings (SSSR count). The highest BCUT2D eigenvalue weighted by atomic mass is 32.1. The van der Waals surface area contributed by atoms with Gasteiger partial charge in [-0.25, -0.2) is 14.6 Å². The summed E-state index contributed by atoms with van der Waals surface area (Å²) < 4.78 is 10.4. The van der Waals surface area contributed by atoms with Gasteiger partial charge < -0.3 is 9.15 Å². The molecule has 0 atom stereocenters. The van der Waals surface area contributed by atoms with Crippen molar-refractivity contribution in [1.82, 2.24) is 4.98 Å². The summed E-state index contributed by atoms with van der Waals surface area (Å²) in [5.74, 6) is -0.701. The van der Waals surface area contributed by atoms with Crippen LogP contribution in [0, 0.1) is 20.8 Å². The van der Waals surface area contributed by atoms with E-state index in [1.807, 2.05) is 32.9 Å². The van der Waals surface area contributed by atoms with E-state index in [9.17, 15) is 9.59 Å². The standard InChI is InChI=1S/C17H15NO4S/c1-9-4-5-14-12(6-9)7-13(17(20)22-14)16(19)21-8-15-18-10(2)11(3)23-15/h4-7H,8H2,1-3H3. The highest BCUT2D eigenvalue weighted by Crippen LogP contribution is 2.18. The summed E-state index contributed by atoms with van der Waals surface area (Å²) in [6, 6.07) is 6.91. The van der Waals surface area contributed by atoms with Crippen LogP contribution in [0.1, 0.15) is 31.5 Å². The van der Waals surface area contributed by atoms with Crippen LogP contribution < -0.4 is 5.63 Å². The zero-order chi connectivity index (χ0) is 16.6. The fourth-order valence-electron chi connectivity index (χ4n) is 2.19. The van der Waals surface area contributed by atoms with Crippen LogP contribution in [-0.4, -0.2) is 11.0 Å². The van der Waals surface area contributed by atoms with E-state index in [1.165, 1.54) is 17.4 Å².